The Bertz CT molecular complexity index is 428. The van der Waals surface area contributed by atoms with Crippen LogP contribution in [-0.4, -0.2) is 34.8 Å². The average molecular weight is 266 g/mol. The van der Waals surface area contributed by atoms with E-state index >= 15 is 0 Å². The average Bonchev–Trinajstić information content (AvgIpc) is 2.37. The molecule has 0 radical (unpaired) electrons. The summed E-state index contributed by atoms with van der Waals surface area (Å²) in [6.45, 7) is 3.04. The van der Waals surface area contributed by atoms with Gasteiger partial charge in [0.25, 0.3) is 0 Å². The van der Waals surface area contributed by atoms with E-state index in [0.29, 0.717) is 11.3 Å². The molecule has 0 aliphatic heterocycles. The van der Waals surface area contributed by atoms with E-state index in [0.717, 1.165) is 0 Å². The molecule has 0 saturated carbocycles. The fraction of sp³-hybridized carbons (Fsp3) is 0.357. The van der Waals surface area contributed by atoms with Gasteiger partial charge in [0.15, 0.2) is 5.78 Å². The highest BCUT2D eigenvalue weighted by atomic mass is 16.5. The summed E-state index contributed by atoms with van der Waals surface area (Å²) in [5.41, 5.74) is -0.971. The Morgan fingerprint density at radius 2 is 1.89 bits per heavy atom. The summed E-state index contributed by atoms with van der Waals surface area (Å²) in [6.07, 6.45) is 2.66. The number of benzene rings is 1. The van der Waals surface area contributed by atoms with Crippen LogP contribution >= 0.6 is 0 Å². The van der Waals surface area contributed by atoms with Gasteiger partial charge in [-0.25, -0.2) is 0 Å². The van der Waals surface area contributed by atoms with E-state index < -0.39 is 5.60 Å². The van der Waals surface area contributed by atoms with Gasteiger partial charge in [-0.05, 0) is 38.1 Å². The molecule has 0 saturated heterocycles. The van der Waals surface area contributed by atoms with Crippen LogP contribution in [-0.2, 0) is 4.74 Å². The van der Waals surface area contributed by atoms with Crippen LogP contribution in [0.4, 0.5) is 0 Å². The number of ketones is 1. The molecule has 0 spiro atoms. The monoisotopic (exact) mass is 266 g/mol. The van der Waals surface area contributed by atoms with Crippen LogP contribution in [0.25, 0.3) is 0 Å². The number of carbonyl (C=O) groups excluding carboxylic acids is 1. The van der Waals surface area contributed by atoms with Gasteiger partial charge in [0.1, 0.15) is 30.5 Å². The normalized spacial score (nSPS) is 11.6. The van der Waals surface area contributed by atoms with Gasteiger partial charge < -0.3 is 19.7 Å². The molecule has 5 heteroatoms. The van der Waals surface area contributed by atoms with Crippen molar-refractivity contribution in [2.75, 3.05) is 13.2 Å². The van der Waals surface area contributed by atoms with Crippen molar-refractivity contribution < 1.29 is 24.5 Å². The highest BCUT2D eigenvalue weighted by molar-refractivity contribution is 6.01. The molecule has 0 aliphatic carbocycles. The van der Waals surface area contributed by atoms with Crippen LogP contribution in [0.3, 0.4) is 0 Å². The van der Waals surface area contributed by atoms with Gasteiger partial charge in [-0.15, -0.1) is 0 Å². The number of aliphatic hydroxyl groups excluding tert-OH is 1. The molecular weight excluding hydrogens is 248 g/mol. The Balaban J connectivity index is 2.57. The minimum atomic E-state index is -1.39. The number of ether oxygens (including phenoxy) is 2. The zero-order valence-electron chi connectivity index (χ0n) is 11.0. The highest BCUT2D eigenvalue weighted by Crippen LogP contribution is 2.17. The number of hydrogen-bond donors (Lipinski definition) is 2. The highest BCUT2D eigenvalue weighted by Gasteiger charge is 2.24. The molecule has 1 aromatic rings. The van der Waals surface area contributed by atoms with Crippen LogP contribution in [0.15, 0.2) is 36.8 Å². The van der Waals surface area contributed by atoms with Crippen LogP contribution in [0, 0.1) is 0 Å². The van der Waals surface area contributed by atoms with Crippen molar-refractivity contribution in [1.29, 1.82) is 0 Å². The summed E-state index contributed by atoms with van der Waals surface area (Å²) >= 11 is 0. The lowest BCUT2D eigenvalue weighted by atomic mass is 9.97. The van der Waals surface area contributed by atoms with E-state index in [1.54, 1.807) is 24.3 Å². The first kappa shape index (κ1) is 15.2. The lowest BCUT2D eigenvalue weighted by Gasteiger charge is -2.15. The molecule has 19 heavy (non-hydrogen) atoms. The topological polar surface area (TPSA) is 76.0 Å². The zero-order chi connectivity index (χ0) is 14.3. The van der Waals surface area contributed by atoms with E-state index in [-0.39, 0.29) is 19.0 Å². The third-order valence-corrected chi connectivity index (χ3v) is 2.24. The quantitative estimate of drug-likeness (QED) is 0.444. The second kappa shape index (κ2) is 6.92. The lowest BCUT2D eigenvalue weighted by molar-refractivity contribution is 0.0488. The van der Waals surface area contributed by atoms with E-state index in [1.165, 1.54) is 26.4 Å². The van der Waals surface area contributed by atoms with Crippen molar-refractivity contribution >= 4 is 5.78 Å². The van der Waals surface area contributed by atoms with Gasteiger partial charge in [0, 0.05) is 5.56 Å². The molecule has 0 heterocycles. The maximum Gasteiger partial charge on any atom is 0.193 e. The van der Waals surface area contributed by atoms with Crippen molar-refractivity contribution in [3.8, 4) is 5.75 Å². The first-order chi connectivity index (χ1) is 8.95. The fourth-order valence-corrected chi connectivity index (χ4v) is 1.30. The molecule has 0 bridgehead atoms. The molecular formula is C14H18O5. The van der Waals surface area contributed by atoms with Crippen molar-refractivity contribution in [2.45, 2.75) is 19.4 Å². The number of aliphatic hydroxyl groups is 2. The van der Waals surface area contributed by atoms with Crippen molar-refractivity contribution in [2.24, 2.45) is 0 Å². The third-order valence-electron chi connectivity index (χ3n) is 2.24. The molecule has 2 N–H and O–H groups in total. The van der Waals surface area contributed by atoms with E-state index in [9.17, 15) is 9.90 Å². The first-order valence-corrected chi connectivity index (χ1v) is 5.86. The van der Waals surface area contributed by atoms with E-state index in [2.05, 4.69) is 0 Å². The molecule has 0 atom stereocenters. The number of hydrogen-bond acceptors (Lipinski definition) is 5. The lowest BCUT2D eigenvalue weighted by Crippen LogP contribution is -2.30. The second-order valence-electron chi connectivity index (χ2n) is 4.40. The van der Waals surface area contributed by atoms with Gasteiger partial charge in [-0.3, -0.25) is 4.79 Å². The summed E-state index contributed by atoms with van der Waals surface area (Å²) in [5, 5.41) is 18.1. The summed E-state index contributed by atoms with van der Waals surface area (Å²) in [5.74, 6) is 0.192. The van der Waals surface area contributed by atoms with Crippen LogP contribution in [0.5, 0.6) is 5.75 Å². The predicted molar refractivity (Wildman–Crippen MR) is 69.9 cm³/mol. The standard InChI is InChI=1S/C14H18O5/c1-14(2,17)13(16)11-3-5-12(6-4-11)19-10-9-18-8-7-15/h3-6,9-10,15,17H,7-8H2,1-2H3/b10-9+. The van der Waals surface area contributed by atoms with Gasteiger partial charge in [-0.2, -0.15) is 0 Å². The number of carbonyl (C=O) groups is 1. The molecule has 0 unspecified atom stereocenters. The molecule has 0 amide bonds. The van der Waals surface area contributed by atoms with Gasteiger partial charge in [0.2, 0.25) is 0 Å². The molecule has 5 nitrogen and oxygen atoms in total. The molecule has 1 aromatic carbocycles. The summed E-state index contributed by atoms with van der Waals surface area (Å²) in [6, 6.07) is 6.40. The summed E-state index contributed by atoms with van der Waals surface area (Å²) in [7, 11) is 0. The summed E-state index contributed by atoms with van der Waals surface area (Å²) < 4.78 is 10.1. The van der Waals surface area contributed by atoms with Crippen molar-refractivity contribution in [3.05, 3.63) is 42.4 Å². The maximum atomic E-state index is 11.8. The molecule has 1 rings (SSSR count). The number of Topliss-reactive ketones (excluding diaryl/α,β-unsaturated/α-hetero) is 1. The molecule has 0 fully saturated rings. The van der Waals surface area contributed by atoms with Crippen LogP contribution in [0.2, 0.25) is 0 Å². The fourth-order valence-electron chi connectivity index (χ4n) is 1.30. The SMILES string of the molecule is CC(C)(O)C(=O)c1ccc(O/C=C/OCCO)cc1. The number of rotatable bonds is 7. The Morgan fingerprint density at radius 1 is 1.26 bits per heavy atom. The first-order valence-electron chi connectivity index (χ1n) is 5.86. The van der Waals surface area contributed by atoms with Gasteiger partial charge >= 0.3 is 0 Å². The van der Waals surface area contributed by atoms with Gasteiger partial charge in [-0.1, -0.05) is 0 Å². The largest absolute Gasteiger partial charge is 0.496 e. The second-order valence-corrected chi connectivity index (χ2v) is 4.40. The van der Waals surface area contributed by atoms with E-state index in [4.69, 9.17) is 14.6 Å². The molecule has 0 aliphatic rings. The molecule has 0 aromatic heterocycles. The van der Waals surface area contributed by atoms with Crippen molar-refractivity contribution in [1.82, 2.24) is 0 Å². The predicted octanol–water partition coefficient (Wildman–Crippen LogP) is 1.50. The Kier molecular flexibility index (Phi) is 5.54. The maximum absolute atomic E-state index is 11.8. The van der Waals surface area contributed by atoms with Crippen molar-refractivity contribution in [3.63, 3.8) is 0 Å². The minimum Gasteiger partial charge on any atom is -0.496 e. The Hall–Kier alpha value is -1.85. The third kappa shape index (κ3) is 5.11. The summed E-state index contributed by atoms with van der Waals surface area (Å²) in [4.78, 5) is 11.8. The van der Waals surface area contributed by atoms with Gasteiger partial charge in [0.05, 0.1) is 6.61 Å². The van der Waals surface area contributed by atoms with E-state index in [1.807, 2.05) is 0 Å². The zero-order valence-corrected chi connectivity index (χ0v) is 11.0. The Morgan fingerprint density at radius 3 is 2.42 bits per heavy atom. The van der Waals surface area contributed by atoms with Crippen LogP contribution in [0.1, 0.15) is 24.2 Å². The molecule has 104 valence electrons. The smallest absolute Gasteiger partial charge is 0.193 e. The van der Waals surface area contributed by atoms with Crippen LogP contribution < -0.4 is 4.74 Å². The Labute approximate surface area is 112 Å². The minimum absolute atomic E-state index is 0.0574.